The second kappa shape index (κ2) is 9.77. The maximum atomic E-state index is 9.65. The lowest BCUT2D eigenvalue weighted by Gasteiger charge is -2.46. The molecule has 192 valence electrons. The van der Waals surface area contributed by atoms with E-state index in [9.17, 15) is 5.26 Å². The normalized spacial score (nSPS) is 17.6. The summed E-state index contributed by atoms with van der Waals surface area (Å²) in [6.07, 6.45) is 9.13. The van der Waals surface area contributed by atoms with E-state index in [-0.39, 0.29) is 12.1 Å². The van der Waals surface area contributed by atoms with Gasteiger partial charge in [-0.25, -0.2) is 9.20 Å². The molecule has 0 N–H and O–H groups in total. The average Bonchev–Trinajstić information content (AvgIpc) is 3.52. The number of piperidine rings is 1. The molecule has 6 rings (SSSR count). The molecule has 2 fully saturated rings. The summed E-state index contributed by atoms with van der Waals surface area (Å²) in [5.41, 5.74) is 4.40. The molecule has 11 heteroatoms. The Bertz CT molecular complexity index is 1530. The van der Waals surface area contributed by atoms with Gasteiger partial charge in [-0.15, -0.1) is 5.10 Å². The molecule has 2 saturated heterocycles. The molecule has 0 amide bonds. The second-order valence-electron chi connectivity index (χ2n) is 9.96. The van der Waals surface area contributed by atoms with E-state index in [2.05, 4.69) is 37.6 Å². The van der Waals surface area contributed by atoms with Gasteiger partial charge in [0.05, 0.1) is 23.6 Å². The van der Waals surface area contributed by atoms with Crippen LogP contribution in [0.3, 0.4) is 0 Å². The summed E-state index contributed by atoms with van der Waals surface area (Å²) in [4.78, 5) is 8.74. The van der Waals surface area contributed by atoms with Crippen molar-refractivity contribution in [2.45, 2.75) is 44.9 Å². The highest BCUT2D eigenvalue weighted by atomic mass is 16.5. The van der Waals surface area contributed by atoms with E-state index in [0.29, 0.717) is 22.9 Å². The number of nitrogens with zero attached hydrogens (tertiary/aromatic N) is 10. The quantitative estimate of drug-likeness (QED) is 0.361. The Labute approximate surface area is 220 Å². The van der Waals surface area contributed by atoms with Crippen LogP contribution < -0.4 is 4.74 Å². The number of likely N-dealkylation sites (tertiary alicyclic amines) is 2. The molecule has 0 radical (unpaired) electrons. The van der Waals surface area contributed by atoms with Gasteiger partial charge in [0, 0.05) is 50.2 Å². The molecule has 11 nitrogen and oxygen atoms in total. The standard InChI is InChI=1S/C27H28N10O/c1-18-26(32-33-37(18)23-15-35(16-23)22-6-9-34(17-29)10-7-22)20-11-25(27-21(12-28)13-31-36(27)14-20)38-19(2)24-5-3-4-8-30-24/h3-5,8,11,13-14,19,22-23H,6-7,9-10,15-16H2,1-2H3/t19-/m1/s1. The highest BCUT2D eigenvalue weighted by Gasteiger charge is 2.36. The third-order valence-corrected chi connectivity index (χ3v) is 7.66. The molecule has 6 heterocycles. The first kappa shape index (κ1) is 23.9. The van der Waals surface area contributed by atoms with Crippen molar-refractivity contribution in [3.8, 4) is 29.3 Å². The Morgan fingerprint density at radius 2 is 1.95 bits per heavy atom. The zero-order chi connectivity index (χ0) is 26.2. The predicted octanol–water partition coefficient (Wildman–Crippen LogP) is 3.11. The van der Waals surface area contributed by atoms with Crippen LogP contribution in [-0.2, 0) is 0 Å². The van der Waals surface area contributed by atoms with Gasteiger partial charge < -0.3 is 9.64 Å². The number of hydrogen-bond donors (Lipinski definition) is 0. The van der Waals surface area contributed by atoms with E-state index < -0.39 is 0 Å². The molecule has 0 spiro atoms. The monoisotopic (exact) mass is 508 g/mol. The topological polar surface area (TPSA) is 124 Å². The summed E-state index contributed by atoms with van der Waals surface area (Å²) in [5, 5.41) is 32.2. The van der Waals surface area contributed by atoms with Gasteiger partial charge in [0.15, 0.2) is 6.19 Å². The van der Waals surface area contributed by atoms with Crippen molar-refractivity contribution in [1.29, 1.82) is 10.5 Å². The fourth-order valence-corrected chi connectivity index (χ4v) is 5.48. The fourth-order valence-electron chi connectivity index (χ4n) is 5.48. The number of pyridine rings is 2. The number of nitriles is 2. The van der Waals surface area contributed by atoms with E-state index in [1.54, 1.807) is 16.9 Å². The lowest BCUT2D eigenvalue weighted by atomic mass is 9.97. The summed E-state index contributed by atoms with van der Waals surface area (Å²) in [6.45, 7) is 7.50. The second-order valence-corrected chi connectivity index (χ2v) is 9.96. The number of ether oxygens (including phenoxy) is 1. The molecule has 0 unspecified atom stereocenters. The molecular formula is C27H28N10O. The summed E-state index contributed by atoms with van der Waals surface area (Å²) < 4.78 is 10.0. The van der Waals surface area contributed by atoms with Crippen molar-refractivity contribution in [1.82, 2.24) is 39.4 Å². The van der Waals surface area contributed by atoms with Crippen LogP contribution in [0.5, 0.6) is 5.75 Å². The summed E-state index contributed by atoms with van der Waals surface area (Å²) in [6, 6.07) is 10.6. The third kappa shape index (κ3) is 4.21. The van der Waals surface area contributed by atoms with Gasteiger partial charge >= 0.3 is 0 Å². The van der Waals surface area contributed by atoms with Crippen LogP contribution in [0.1, 0.15) is 48.9 Å². The van der Waals surface area contributed by atoms with E-state index in [1.165, 1.54) is 0 Å². The minimum absolute atomic E-state index is 0.267. The van der Waals surface area contributed by atoms with Crippen LogP contribution in [0.4, 0.5) is 0 Å². The van der Waals surface area contributed by atoms with Crippen molar-refractivity contribution >= 4 is 5.52 Å². The van der Waals surface area contributed by atoms with Crippen LogP contribution in [0, 0.1) is 29.7 Å². The first-order valence-corrected chi connectivity index (χ1v) is 12.9. The summed E-state index contributed by atoms with van der Waals surface area (Å²) >= 11 is 0. The number of hydrogen-bond acceptors (Lipinski definition) is 9. The van der Waals surface area contributed by atoms with Crippen LogP contribution in [0.25, 0.3) is 16.8 Å². The van der Waals surface area contributed by atoms with Gasteiger partial charge in [0.1, 0.15) is 34.7 Å². The minimum atomic E-state index is -0.325. The van der Waals surface area contributed by atoms with E-state index in [4.69, 9.17) is 10.00 Å². The highest BCUT2D eigenvalue weighted by molar-refractivity contribution is 5.74. The smallest absolute Gasteiger partial charge is 0.179 e. The molecule has 2 aliphatic heterocycles. The van der Waals surface area contributed by atoms with E-state index in [1.807, 2.05) is 53.9 Å². The van der Waals surface area contributed by atoms with Crippen LogP contribution in [0.2, 0.25) is 0 Å². The zero-order valence-corrected chi connectivity index (χ0v) is 21.4. The van der Waals surface area contributed by atoms with Gasteiger partial charge in [0.2, 0.25) is 0 Å². The summed E-state index contributed by atoms with van der Waals surface area (Å²) in [7, 11) is 0. The fraction of sp³-hybridized carbons (Fsp3) is 0.407. The van der Waals surface area contributed by atoms with Crippen molar-refractivity contribution in [3.63, 3.8) is 0 Å². The molecule has 0 aliphatic carbocycles. The Kier molecular flexibility index (Phi) is 6.14. The third-order valence-electron chi connectivity index (χ3n) is 7.66. The summed E-state index contributed by atoms with van der Waals surface area (Å²) in [5.74, 6) is 0.544. The molecule has 2 aliphatic rings. The first-order chi connectivity index (χ1) is 18.6. The van der Waals surface area contributed by atoms with E-state index in [0.717, 1.165) is 61.7 Å². The van der Waals surface area contributed by atoms with Gasteiger partial charge in [-0.05, 0) is 44.9 Å². The zero-order valence-electron chi connectivity index (χ0n) is 21.4. The maximum absolute atomic E-state index is 9.65. The molecule has 38 heavy (non-hydrogen) atoms. The average molecular weight is 509 g/mol. The lowest BCUT2D eigenvalue weighted by Crippen LogP contribution is -2.55. The Morgan fingerprint density at radius 3 is 2.66 bits per heavy atom. The van der Waals surface area contributed by atoms with Crippen LogP contribution in [-0.4, -0.2) is 71.6 Å². The first-order valence-electron chi connectivity index (χ1n) is 12.9. The maximum Gasteiger partial charge on any atom is 0.179 e. The van der Waals surface area contributed by atoms with Crippen molar-refractivity contribution in [2.24, 2.45) is 0 Å². The van der Waals surface area contributed by atoms with E-state index >= 15 is 0 Å². The molecule has 1 atom stereocenters. The van der Waals surface area contributed by atoms with Crippen molar-refractivity contribution in [2.75, 3.05) is 26.2 Å². The minimum Gasteiger partial charge on any atom is -0.482 e. The van der Waals surface area contributed by atoms with Gasteiger partial charge in [-0.3, -0.25) is 9.88 Å². The molecule has 4 aromatic rings. The molecule has 0 bridgehead atoms. The highest BCUT2D eigenvalue weighted by Crippen LogP contribution is 2.35. The predicted molar refractivity (Wildman–Crippen MR) is 138 cm³/mol. The van der Waals surface area contributed by atoms with Crippen LogP contribution in [0.15, 0.2) is 42.9 Å². The number of aromatic nitrogens is 6. The molecule has 0 saturated carbocycles. The van der Waals surface area contributed by atoms with Crippen molar-refractivity contribution < 1.29 is 4.74 Å². The molecule has 4 aromatic heterocycles. The van der Waals surface area contributed by atoms with Crippen molar-refractivity contribution in [3.05, 3.63) is 59.8 Å². The largest absolute Gasteiger partial charge is 0.482 e. The SMILES string of the molecule is Cc1c(-c2cc(O[C@H](C)c3ccccn3)c3c(C#N)cnn3c2)nnn1C1CN(C2CCN(C#N)CC2)C1. The lowest BCUT2D eigenvalue weighted by molar-refractivity contribution is 0.0265. The Morgan fingerprint density at radius 1 is 1.13 bits per heavy atom. The van der Waals surface area contributed by atoms with Gasteiger partial charge in [-0.2, -0.15) is 15.6 Å². The van der Waals surface area contributed by atoms with Gasteiger partial charge in [-0.1, -0.05) is 11.3 Å². The Hall–Kier alpha value is -4.48. The molecule has 0 aromatic carbocycles. The number of fused-ring (bicyclic) bond motifs is 1. The van der Waals surface area contributed by atoms with Crippen LogP contribution >= 0.6 is 0 Å². The molecular weight excluding hydrogens is 480 g/mol. The number of rotatable bonds is 6. The Balaban J connectivity index is 1.25. The van der Waals surface area contributed by atoms with Gasteiger partial charge in [0.25, 0.3) is 0 Å².